The van der Waals surface area contributed by atoms with Crippen molar-refractivity contribution in [2.24, 2.45) is 22.1 Å². The van der Waals surface area contributed by atoms with Gasteiger partial charge >= 0.3 is 0 Å². The molecule has 2 aliphatic heterocycles. The number of methoxy groups -OCH3 is 1. The molecule has 2 aliphatic carbocycles. The molecule has 1 fully saturated rings. The van der Waals surface area contributed by atoms with Crippen LogP contribution >= 0.6 is 11.6 Å². The Labute approximate surface area is 285 Å². The van der Waals surface area contributed by atoms with Gasteiger partial charge in [-0.15, -0.1) is 0 Å². The van der Waals surface area contributed by atoms with Gasteiger partial charge in [-0.25, -0.2) is 4.21 Å². The Bertz CT molecular complexity index is 1640. The number of hydrogen-bond acceptors (Lipinski definition) is 6. The van der Waals surface area contributed by atoms with Crippen molar-refractivity contribution < 1.29 is 23.3 Å². The fourth-order valence-corrected chi connectivity index (χ4v) is 10.2. The van der Waals surface area contributed by atoms with Gasteiger partial charge in [-0.1, -0.05) is 56.5 Å². The third kappa shape index (κ3) is 7.35. The van der Waals surface area contributed by atoms with E-state index in [-0.39, 0.29) is 40.6 Å². The van der Waals surface area contributed by atoms with Gasteiger partial charge in [0.05, 0.1) is 33.9 Å². The van der Waals surface area contributed by atoms with Crippen LogP contribution in [-0.2, 0) is 31.1 Å². The van der Waals surface area contributed by atoms with E-state index in [1.54, 1.807) is 13.2 Å². The van der Waals surface area contributed by atoms with E-state index in [1.165, 1.54) is 11.1 Å². The van der Waals surface area contributed by atoms with Crippen molar-refractivity contribution in [3.05, 3.63) is 70.3 Å². The molecule has 1 saturated carbocycles. The number of anilines is 1. The number of ketones is 1. The van der Waals surface area contributed by atoms with Crippen molar-refractivity contribution in [3.63, 3.8) is 0 Å². The van der Waals surface area contributed by atoms with Gasteiger partial charge in [0.2, 0.25) is 0 Å². The molecular formula is C38H49ClN2O5S. The molecule has 0 saturated heterocycles. The number of fused-ring (bicyclic) bond motifs is 3. The third-order valence-corrected chi connectivity index (χ3v) is 13.5. The van der Waals surface area contributed by atoms with Crippen molar-refractivity contribution in [2.75, 3.05) is 43.2 Å². The highest BCUT2D eigenvalue weighted by Gasteiger charge is 2.42. The summed E-state index contributed by atoms with van der Waals surface area (Å²) in [7, 11) is -1.31. The quantitative estimate of drug-likeness (QED) is 0.300. The molecule has 6 rings (SSSR count). The molecule has 0 aromatic heterocycles. The van der Waals surface area contributed by atoms with E-state index < -0.39 is 15.6 Å². The summed E-state index contributed by atoms with van der Waals surface area (Å²) in [5, 5.41) is 0.750. The van der Waals surface area contributed by atoms with E-state index in [2.05, 4.69) is 47.4 Å². The molecule has 1 amide bonds. The second kappa shape index (κ2) is 14.4. The lowest BCUT2D eigenvalue weighted by Crippen LogP contribution is -2.47. The minimum atomic E-state index is -3.07. The fraction of sp³-hybridized carbons (Fsp3) is 0.579. The van der Waals surface area contributed by atoms with Crippen LogP contribution < -0.4 is 9.64 Å². The molecule has 1 spiro atoms. The number of benzene rings is 2. The first-order valence-corrected chi connectivity index (χ1v) is 19.7. The molecule has 4 aliphatic rings. The third-order valence-electron chi connectivity index (χ3n) is 11.1. The highest BCUT2D eigenvalue weighted by molar-refractivity contribution is 7.94. The Balaban J connectivity index is 1.44. The van der Waals surface area contributed by atoms with Crippen LogP contribution in [0.25, 0.3) is 0 Å². The van der Waals surface area contributed by atoms with Crippen LogP contribution in [0.5, 0.6) is 5.75 Å². The molecule has 2 aromatic rings. The number of nitrogens with zero attached hydrogens (tertiary/aromatic N) is 2. The molecule has 2 bridgehead atoms. The molecule has 47 heavy (non-hydrogen) atoms. The molecule has 2 heterocycles. The molecule has 0 N–H and O–H groups in total. The monoisotopic (exact) mass is 680 g/mol. The molecule has 5 atom stereocenters. The Kier molecular flexibility index (Phi) is 10.5. The number of ether oxygens (including phenoxy) is 2. The Morgan fingerprint density at radius 2 is 2.00 bits per heavy atom. The molecule has 2 aromatic carbocycles. The van der Waals surface area contributed by atoms with Gasteiger partial charge in [0.15, 0.2) is 0 Å². The van der Waals surface area contributed by atoms with Gasteiger partial charge in [0, 0.05) is 47.9 Å². The van der Waals surface area contributed by atoms with Gasteiger partial charge in [0.25, 0.3) is 5.91 Å². The topological polar surface area (TPSA) is 85.3 Å². The van der Waals surface area contributed by atoms with Gasteiger partial charge in [-0.05, 0) is 98.2 Å². The van der Waals surface area contributed by atoms with Crippen molar-refractivity contribution in [1.29, 1.82) is 0 Å². The predicted octanol–water partition coefficient (Wildman–Crippen LogP) is 7.82. The van der Waals surface area contributed by atoms with Crippen molar-refractivity contribution in [3.8, 4) is 5.75 Å². The summed E-state index contributed by atoms with van der Waals surface area (Å²) in [6.07, 6.45) is 12.1. The summed E-state index contributed by atoms with van der Waals surface area (Å²) in [6, 6.07) is 11.7. The average Bonchev–Trinajstić information content (AvgIpc) is 3.16. The van der Waals surface area contributed by atoms with Gasteiger partial charge in [-0.3, -0.25) is 9.59 Å². The van der Waals surface area contributed by atoms with Crippen molar-refractivity contribution in [1.82, 2.24) is 0 Å². The predicted molar refractivity (Wildman–Crippen MR) is 189 cm³/mol. The minimum absolute atomic E-state index is 0.0255. The van der Waals surface area contributed by atoms with E-state index >= 15 is 0 Å². The number of rotatable bonds is 5. The van der Waals surface area contributed by atoms with Gasteiger partial charge in [-0.2, -0.15) is 4.36 Å². The van der Waals surface area contributed by atoms with Crippen molar-refractivity contribution >= 4 is 38.7 Å². The van der Waals surface area contributed by atoms with Gasteiger partial charge < -0.3 is 14.4 Å². The van der Waals surface area contributed by atoms with E-state index in [0.29, 0.717) is 30.9 Å². The number of carbonyl (C=O) groups is 2. The summed E-state index contributed by atoms with van der Waals surface area (Å²) in [5.74, 6) is 0.690. The van der Waals surface area contributed by atoms with E-state index in [9.17, 15) is 13.8 Å². The molecule has 254 valence electrons. The molecule has 0 unspecified atom stereocenters. The van der Waals surface area contributed by atoms with E-state index in [0.717, 1.165) is 74.5 Å². The van der Waals surface area contributed by atoms with Crippen LogP contribution in [0.3, 0.4) is 0 Å². The van der Waals surface area contributed by atoms with Crippen LogP contribution in [0.15, 0.2) is 52.9 Å². The lowest BCUT2D eigenvalue weighted by Gasteiger charge is -2.42. The summed E-state index contributed by atoms with van der Waals surface area (Å²) >= 11 is 6.45. The smallest absolute Gasteiger partial charge is 0.285 e. The lowest BCUT2D eigenvalue weighted by atomic mass is 9.70. The summed E-state index contributed by atoms with van der Waals surface area (Å²) in [5.41, 5.74) is 3.54. The second-order valence-corrected chi connectivity index (χ2v) is 17.1. The number of halogens is 1. The summed E-state index contributed by atoms with van der Waals surface area (Å²) < 4.78 is 31.3. The number of carbonyl (C=O) groups excluding carboxylic acids is 2. The Hall–Kier alpha value is -2.68. The first-order valence-electron chi connectivity index (χ1n) is 17.4. The number of allylic oxidation sites excluding steroid dienone is 1. The first-order chi connectivity index (χ1) is 22.6. The fourth-order valence-electron chi connectivity index (χ4n) is 8.02. The van der Waals surface area contributed by atoms with Crippen LogP contribution in [0.4, 0.5) is 5.69 Å². The number of aryl methyl sites for hydroxylation is 1. The van der Waals surface area contributed by atoms with E-state index in [1.807, 2.05) is 18.2 Å². The number of hydrogen-bond donors (Lipinski definition) is 0. The SMILES string of the molecule is CC[C@H]1CN2C[C@@]3(CCCc4cc(Cl)ccc43)COc3ccc(cc32)C(=O)N=[S@](=O)(CC(=O)C2CCC2)CCC/C=C/[C@H](OC)[C@@H]1C. The van der Waals surface area contributed by atoms with Crippen molar-refractivity contribution in [2.45, 2.75) is 83.2 Å². The summed E-state index contributed by atoms with van der Waals surface area (Å²) in [6.45, 7) is 6.51. The second-order valence-electron chi connectivity index (χ2n) is 14.2. The standard InChI is InChI=1S/C38H49ClN2O5S/c1-4-27-22-41-24-38(18-9-12-29-20-31(39)15-16-32(29)38)25-46-36-17-14-30(21-33(36)41)37(43)40-47(44,23-34(42)28-10-8-11-28)19-7-5-6-13-35(45-3)26(27)2/h6,13-17,20-21,26-28,35H,4-5,7-12,18-19,22-25H2,1-3H3/b13-6+/t26-,27+,35+,38+,47-/m1/s1. The zero-order valence-electron chi connectivity index (χ0n) is 28.0. The Morgan fingerprint density at radius 3 is 2.74 bits per heavy atom. The normalized spacial score (nSPS) is 30.8. The highest BCUT2D eigenvalue weighted by atomic mass is 35.5. The number of Topliss-reactive ketones (excluding diaryl/α,β-unsaturated/α-hetero) is 1. The van der Waals surface area contributed by atoms with Crippen LogP contribution in [0.2, 0.25) is 5.02 Å². The molecule has 7 nitrogen and oxygen atoms in total. The van der Waals surface area contributed by atoms with Crippen LogP contribution in [-0.4, -0.2) is 60.3 Å². The minimum Gasteiger partial charge on any atom is -0.490 e. The zero-order chi connectivity index (χ0) is 33.2. The van der Waals surface area contributed by atoms with Gasteiger partial charge in [0.1, 0.15) is 11.5 Å². The summed E-state index contributed by atoms with van der Waals surface area (Å²) in [4.78, 5) is 29.3. The Morgan fingerprint density at radius 1 is 1.17 bits per heavy atom. The highest BCUT2D eigenvalue weighted by Crippen LogP contribution is 2.45. The first kappa shape index (κ1) is 34.2. The molecule has 9 heteroatoms. The molecular weight excluding hydrogens is 632 g/mol. The van der Waals surface area contributed by atoms with E-state index in [4.69, 9.17) is 21.1 Å². The maximum atomic E-state index is 14.2. The lowest BCUT2D eigenvalue weighted by molar-refractivity contribution is -0.122. The average molecular weight is 681 g/mol. The van der Waals surface area contributed by atoms with Crippen LogP contribution in [0, 0.1) is 17.8 Å². The zero-order valence-corrected chi connectivity index (χ0v) is 29.6. The largest absolute Gasteiger partial charge is 0.490 e. The number of amides is 1. The van der Waals surface area contributed by atoms with Crippen LogP contribution in [0.1, 0.15) is 86.7 Å². The maximum Gasteiger partial charge on any atom is 0.285 e. The maximum absolute atomic E-state index is 14.2. The molecule has 0 radical (unpaired) electrons.